The van der Waals surface area contributed by atoms with Gasteiger partial charge < -0.3 is 4.90 Å². The monoisotopic (exact) mass is 471 g/mol. The molecule has 7 rings (SSSR count). The van der Waals surface area contributed by atoms with Crippen molar-refractivity contribution in [3.8, 4) is 11.1 Å². The largest absolute Gasteiger partial charge is 0.310 e. The average molecular weight is 472 g/mol. The van der Waals surface area contributed by atoms with Crippen LogP contribution in [-0.2, 0) is 0 Å². The fraction of sp³-hybridized carbons (Fsp3) is 0. The van der Waals surface area contributed by atoms with E-state index in [1.54, 1.807) is 0 Å². The van der Waals surface area contributed by atoms with Crippen molar-refractivity contribution in [3.05, 3.63) is 152 Å². The van der Waals surface area contributed by atoms with Gasteiger partial charge in [0.2, 0.25) is 0 Å². The SMILES string of the molecule is c1ccc(-c2ccc(N(c3ccccc3)c3ccc4c(ccc5c6ccccc6ccc45)c3)cc2)cc1. The van der Waals surface area contributed by atoms with E-state index in [2.05, 4.69) is 157 Å². The van der Waals surface area contributed by atoms with E-state index in [9.17, 15) is 0 Å². The molecule has 0 heterocycles. The smallest absolute Gasteiger partial charge is 0.0468 e. The van der Waals surface area contributed by atoms with Crippen LogP contribution in [0.25, 0.3) is 43.4 Å². The van der Waals surface area contributed by atoms with Crippen molar-refractivity contribution >= 4 is 49.4 Å². The maximum Gasteiger partial charge on any atom is 0.0468 e. The topological polar surface area (TPSA) is 3.24 Å². The summed E-state index contributed by atoms with van der Waals surface area (Å²) >= 11 is 0. The van der Waals surface area contributed by atoms with Crippen molar-refractivity contribution in [2.24, 2.45) is 0 Å². The van der Waals surface area contributed by atoms with Crippen molar-refractivity contribution in [3.63, 3.8) is 0 Å². The predicted molar refractivity (Wildman–Crippen MR) is 159 cm³/mol. The summed E-state index contributed by atoms with van der Waals surface area (Å²) < 4.78 is 0. The molecule has 1 heteroatoms. The van der Waals surface area contributed by atoms with Crippen LogP contribution in [0.15, 0.2) is 152 Å². The van der Waals surface area contributed by atoms with Gasteiger partial charge in [-0.25, -0.2) is 0 Å². The molecule has 7 aromatic carbocycles. The molecule has 0 aliphatic rings. The van der Waals surface area contributed by atoms with E-state index < -0.39 is 0 Å². The first-order chi connectivity index (χ1) is 18.3. The van der Waals surface area contributed by atoms with Gasteiger partial charge in [0.1, 0.15) is 0 Å². The summed E-state index contributed by atoms with van der Waals surface area (Å²) in [5, 5.41) is 7.69. The molecule has 174 valence electrons. The second kappa shape index (κ2) is 8.96. The Labute approximate surface area is 216 Å². The second-order valence-electron chi connectivity index (χ2n) is 9.44. The highest BCUT2D eigenvalue weighted by Gasteiger charge is 2.14. The molecule has 0 atom stereocenters. The normalized spacial score (nSPS) is 11.2. The van der Waals surface area contributed by atoms with Gasteiger partial charge in [-0.2, -0.15) is 0 Å². The van der Waals surface area contributed by atoms with E-state index in [-0.39, 0.29) is 0 Å². The third-order valence-corrected chi connectivity index (χ3v) is 7.23. The molecule has 0 aromatic heterocycles. The third kappa shape index (κ3) is 3.82. The fourth-order valence-corrected chi connectivity index (χ4v) is 5.41. The Bertz CT molecular complexity index is 1850. The van der Waals surface area contributed by atoms with Crippen LogP contribution in [-0.4, -0.2) is 0 Å². The number of fused-ring (bicyclic) bond motifs is 5. The molecule has 7 aromatic rings. The van der Waals surface area contributed by atoms with Crippen LogP contribution >= 0.6 is 0 Å². The zero-order valence-electron chi connectivity index (χ0n) is 20.4. The van der Waals surface area contributed by atoms with E-state index in [4.69, 9.17) is 0 Å². The maximum atomic E-state index is 2.33. The summed E-state index contributed by atoms with van der Waals surface area (Å²) in [5.41, 5.74) is 5.87. The molecule has 0 N–H and O–H groups in total. The second-order valence-corrected chi connectivity index (χ2v) is 9.44. The number of para-hydroxylation sites is 1. The van der Waals surface area contributed by atoms with Gasteiger partial charge in [-0.1, -0.05) is 115 Å². The number of anilines is 3. The lowest BCUT2D eigenvalue weighted by Gasteiger charge is -2.26. The number of hydrogen-bond acceptors (Lipinski definition) is 1. The van der Waals surface area contributed by atoms with E-state index >= 15 is 0 Å². The molecule has 0 spiro atoms. The Kier molecular flexibility index (Phi) is 5.19. The Hall–Kier alpha value is -4.88. The van der Waals surface area contributed by atoms with Crippen LogP contribution < -0.4 is 4.90 Å². The minimum absolute atomic E-state index is 1.14. The molecular formula is C36H25N. The van der Waals surface area contributed by atoms with Crippen LogP contribution in [0, 0.1) is 0 Å². The number of nitrogens with zero attached hydrogens (tertiary/aromatic N) is 1. The summed E-state index contributed by atoms with van der Waals surface area (Å²) in [6, 6.07) is 54.4. The van der Waals surface area contributed by atoms with Gasteiger partial charge in [-0.3, -0.25) is 0 Å². The van der Waals surface area contributed by atoms with Crippen LogP contribution in [0.3, 0.4) is 0 Å². The molecule has 0 amide bonds. The lowest BCUT2D eigenvalue weighted by molar-refractivity contribution is 1.29. The van der Waals surface area contributed by atoms with Crippen molar-refractivity contribution in [2.45, 2.75) is 0 Å². The van der Waals surface area contributed by atoms with Crippen LogP contribution in [0.5, 0.6) is 0 Å². The van der Waals surface area contributed by atoms with Crippen LogP contribution in [0.1, 0.15) is 0 Å². The molecule has 0 saturated heterocycles. The zero-order valence-corrected chi connectivity index (χ0v) is 20.4. The summed E-state index contributed by atoms with van der Waals surface area (Å²) in [6.45, 7) is 0. The quantitative estimate of drug-likeness (QED) is 0.231. The first-order valence-electron chi connectivity index (χ1n) is 12.7. The molecule has 0 fully saturated rings. The van der Waals surface area contributed by atoms with E-state index in [0.717, 1.165) is 17.1 Å². The van der Waals surface area contributed by atoms with Crippen molar-refractivity contribution in [2.75, 3.05) is 4.90 Å². The predicted octanol–water partition coefficient (Wildman–Crippen LogP) is 10.3. The number of hydrogen-bond donors (Lipinski definition) is 0. The highest BCUT2D eigenvalue weighted by atomic mass is 15.1. The van der Waals surface area contributed by atoms with Crippen molar-refractivity contribution in [1.29, 1.82) is 0 Å². The van der Waals surface area contributed by atoms with Gasteiger partial charge >= 0.3 is 0 Å². The molecule has 37 heavy (non-hydrogen) atoms. The summed E-state index contributed by atoms with van der Waals surface area (Å²) in [5.74, 6) is 0. The van der Waals surface area contributed by atoms with Crippen LogP contribution in [0.2, 0.25) is 0 Å². The Morgan fingerprint density at radius 3 is 1.57 bits per heavy atom. The molecule has 1 nitrogen and oxygen atoms in total. The molecule has 0 aliphatic carbocycles. The first-order valence-corrected chi connectivity index (χ1v) is 12.7. The first kappa shape index (κ1) is 21.4. The van der Waals surface area contributed by atoms with Gasteiger partial charge in [0.15, 0.2) is 0 Å². The minimum atomic E-state index is 1.14. The van der Waals surface area contributed by atoms with E-state index in [0.29, 0.717) is 0 Å². The van der Waals surface area contributed by atoms with Gasteiger partial charge in [0.25, 0.3) is 0 Å². The van der Waals surface area contributed by atoms with Crippen molar-refractivity contribution in [1.82, 2.24) is 0 Å². The van der Waals surface area contributed by atoms with Crippen LogP contribution in [0.4, 0.5) is 17.1 Å². The maximum absolute atomic E-state index is 2.33. The van der Waals surface area contributed by atoms with Gasteiger partial charge in [-0.15, -0.1) is 0 Å². The molecule has 0 bridgehead atoms. The molecule has 0 radical (unpaired) electrons. The fourth-order valence-electron chi connectivity index (χ4n) is 5.41. The van der Waals surface area contributed by atoms with Crippen molar-refractivity contribution < 1.29 is 0 Å². The third-order valence-electron chi connectivity index (χ3n) is 7.23. The number of rotatable bonds is 4. The zero-order chi connectivity index (χ0) is 24.6. The summed E-state index contributed by atoms with van der Waals surface area (Å²) in [7, 11) is 0. The van der Waals surface area contributed by atoms with Gasteiger partial charge in [-0.05, 0) is 79.8 Å². The summed E-state index contributed by atoms with van der Waals surface area (Å²) in [6.07, 6.45) is 0. The van der Waals surface area contributed by atoms with E-state index in [1.807, 2.05) is 0 Å². The summed E-state index contributed by atoms with van der Waals surface area (Å²) in [4.78, 5) is 2.33. The Balaban J connectivity index is 1.36. The molecular weight excluding hydrogens is 446 g/mol. The lowest BCUT2D eigenvalue weighted by atomic mass is 9.96. The van der Waals surface area contributed by atoms with Gasteiger partial charge in [0.05, 0.1) is 0 Å². The molecule has 0 saturated carbocycles. The lowest BCUT2D eigenvalue weighted by Crippen LogP contribution is -2.09. The average Bonchev–Trinajstić information content (AvgIpc) is 2.98. The van der Waals surface area contributed by atoms with Gasteiger partial charge in [0, 0.05) is 17.1 Å². The van der Waals surface area contributed by atoms with E-state index in [1.165, 1.54) is 43.4 Å². The Morgan fingerprint density at radius 2 is 0.811 bits per heavy atom. The number of benzene rings is 7. The molecule has 0 aliphatic heterocycles. The Morgan fingerprint density at radius 1 is 0.297 bits per heavy atom. The highest BCUT2D eigenvalue weighted by Crippen LogP contribution is 2.39. The molecule has 0 unspecified atom stereocenters. The standard InChI is InChI=1S/C36H25N/c1-3-9-26(10-4-1)27-15-19-31(20-16-27)37(30-12-5-2-6-13-30)32-21-24-34-29(25-32)18-23-35-33-14-8-7-11-28(33)17-22-36(34)35/h1-25H. The highest BCUT2D eigenvalue weighted by molar-refractivity contribution is 6.17. The minimum Gasteiger partial charge on any atom is -0.310 e.